The fraction of sp³-hybridized carbons (Fsp3) is 0. The Morgan fingerprint density at radius 1 is 0.314 bits per heavy atom. The molecule has 0 saturated heterocycles. The van der Waals surface area contributed by atoms with Gasteiger partial charge in [-0.15, -0.1) is 0 Å². The van der Waals surface area contributed by atoms with E-state index in [2.05, 4.69) is 185 Å². The second kappa shape index (κ2) is 10.8. The van der Waals surface area contributed by atoms with E-state index in [1.807, 2.05) is 6.07 Å². The van der Waals surface area contributed by atoms with Gasteiger partial charge in [-0.25, -0.2) is 0 Å². The fourth-order valence-electron chi connectivity index (χ4n) is 8.13. The van der Waals surface area contributed by atoms with Crippen molar-refractivity contribution in [2.75, 3.05) is 0 Å². The van der Waals surface area contributed by atoms with Gasteiger partial charge in [0.05, 0.1) is 27.8 Å². The van der Waals surface area contributed by atoms with Gasteiger partial charge in [0, 0.05) is 27.2 Å². The highest BCUT2D eigenvalue weighted by molar-refractivity contribution is 6.14. The minimum Gasteiger partial charge on any atom is -0.453 e. The Balaban J connectivity index is 1.07. The van der Waals surface area contributed by atoms with Gasteiger partial charge in [0.25, 0.3) is 0 Å². The first-order valence-electron chi connectivity index (χ1n) is 17.4. The third-order valence-corrected chi connectivity index (χ3v) is 10.5. The molecule has 0 atom stereocenters. The molecule has 0 bridgehead atoms. The Morgan fingerprint density at radius 2 is 0.843 bits per heavy atom. The van der Waals surface area contributed by atoms with E-state index in [0.717, 1.165) is 39.5 Å². The van der Waals surface area contributed by atoms with Crippen LogP contribution in [0.5, 0.6) is 11.5 Å². The molecule has 0 spiro atoms. The van der Waals surface area contributed by atoms with Crippen LogP contribution in [0.25, 0.3) is 88.4 Å². The number of aromatic nitrogens is 2. The molecule has 0 fully saturated rings. The SMILES string of the molecule is c1ccc(-c2ccc3c(c2)c2cc(-c4ccccc4)ccc2n3-c2ccc(-c3cc4c5c(c3)c3ccccc3n5-c3ccccc3O4)cc2)cc1. The van der Waals surface area contributed by atoms with Crippen LogP contribution in [0.1, 0.15) is 0 Å². The van der Waals surface area contributed by atoms with E-state index in [4.69, 9.17) is 4.74 Å². The second-order valence-electron chi connectivity index (χ2n) is 13.4. The summed E-state index contributed by atoms with van der Waals surface area (Å²) in [5, 5.41) is 4.91. The highest BCUT2D eigenvalue weighted by atomic mass is 16.5. The minimum absolute atomic E-state index is 0.873. The Morgan fingerprint density at radius 3 is 1.53 bits per heavy atom. The predicted octanol–water partition coefficient (Wildman–Crippen LogP) is 13.0. The van der Waals surface area contributed by atoms with E-state index in [1.54, 1.807) is 0 Å². The van der Waals surface area contributed by atoms with E-state index in [-0.39, 0.29) is 0 Å². The molecule has 2 aromatic heterocycles. The van der Waals surface area contributed by atoms with E-state index in [9.17, 15) is 0 Å². The number of hydrogen-bond acceptors (Lipinski definition) is 1. The van der Waals surface area contributed by atoms with Crippen molar-refractivity contribution in [1.82, 2.24) is 9.13 Å². The van der Waals surface area contributed by atoms with E-state index in [0.29, 0.717) is 0 Å². The number of ether oxygens (including phenoxy) is 1. The molecule has 3 nitrogen and oxygen atoms in total. The molecule has 238 valence electrons. The maximum Gasteiger partial charge on any atom is 0.152 e. The van der Waals surface area contributed by atoms with Gasteiger partial charge in [-0.05, 0) is 100 Å². The Bertz CT molecular complexity index is 2870. The Kier molecular flexibility index (Phi) is 5.96. The lowest BCUT2D eigenvalue weighted by Crippen LogP contribution is -2.03. The zero-order valence-corrected chi connectivity index (χ0v) is 27.6. The monoisotopic (exact) mass is 650 g/mol. The summed E-state index contributed by atoms with van der Waals surface area (Å²) in [4.78, 5) is 0. The van der Waals surface area contributed by atoms with E-state index in [1.165, 1.54) is 60.3 Å². The van der Waals surface area contributed by atoms with Crippen molar-refractivity contribution >= 4 is 43.6 Å². The highest BCUT2D eigenvalue weighted by Gasteiger charge is 2.24. The molecule has 0 saturated carbocycles. The third-order valence-electron chi connectivity index (χ3n) is 10.5. The third kappa shape index (κ3) is 4.25. The molecule has 10 aromatic rings. The fourth-order valence-corrected chi connectivity index (χ4v) is 8.13. The Labute approximate surface area is 294 Å². The summed E-state index contributed by atoms with van der Waals surface area (Å²) >= 11 is 0. The molecular weight excluding hydrogens is 621 g/mol. The van der Waals surface area contributed by atoms with Gasteiger partial charge in [0.15, 0.2) is 11.5 Å². The summed E-state index contributed by atoms with van der Waals surface area (Å²) in [6.45, 7) is 0. The summed E-state index contributed by atoms with van der Waals surface area (Å²) in [7, 11) is 0. The first-order chi connectivity index (χ1) is 25.3. The molecule has 1 aliphatic heterocycles. The van der Waals surface area contributed by atoms with Crippen molar-refractivity contribution in [3.8, 4) is 56.3 Å². The molecule has 11 rings (SSSR count). The van der Waals surface area contributed by atoms with E-state index >= 15 is 0 Å². The lowest BCUT2D eigenvalue weighted by molar-refractivity contribution is 0.476. The molecule has 1 aliphatic rings. The van der Waals surface area contributed by atoms with Crippen LogP contribution in [0.3, 0.4) is 0 Å². The number of para-hydroxylation sites is 3. The molecule has 0 radical (unpaired) electrons. The topological polar surface area (TPSA) is 19.1 Å². The predicted molar refractivity (Wildman–Crippen MR) is 212 cm³/mol. The molecule has 0 N–H and O–H groups in total. The molecule has 0 aliphatic carbocycles. The van der Waals surface area contributed by atoms with Crippen LogP contribution in [0.15, 0.2) is 182 Å². The number of benzene rings is 8. The minimum atomic E-state index is 0.873. The lowest BCUT2D eigenvalue weighted by atomic mass is 10.0. The van der Waals surface area contributed by atoms with Gasteiger partial charge in [-0.3, -0.25) is 0 Å². The molecule has 3 heterocycles. The van der Waals surface area contributed by atoms with Crippen molar-refractivity contribution in [1.29, 1.82) is 0 Å². The van der Waals surface area contributed by atoms with Crippen LogP contribution >= 0.6 is 0 Å². The number of nitrogens with zero attached hydrogens (tertiary/aromatic N) is 2. The average molecular weight is 651 g/mol. The Hall–Kier alpha value is -6.84. The number of fused-ring (bicyclic) bond motifs is 8. The molecule has 8 aromatic carbocycles. The maximum absolute atomic E-state index is 6.58. The molecule has 51 heavy (non-hydrogen) atoms. The quantitative estimate of drug-likeness (QED) is 0.185. The lowest BCUT2D eigenvalue weighted by Gasteiger charge is -2.21. The highest BCUT2D eigenvalue weighted by Crippen LogP contribution is 2.47. The van der Waals surface area contributed by atoms with Crippen LogP contribution in [-0.4, -0.2) is 9.13 Å². The standard InChI is InChI=1S/C48H30N2O/c1-3-11-31(12-4-1)34-21-25-43-39(27-34)40-28-35(32-13-5-2-6-14-32)22-26-44(40)49(43)37-23-19-33(20-24-37)36-29-41-38-15-7-8-16-42(38)50-45-17-9-10-18-46(45)51-47(30-36)48(41)50/h1-30H. The van der Waals surface area contributed by atoms with Crippen molar-refractivity contribution in [3.63, 3.8) is 0 Å². The second-order valence-corrected chi connectivity index (χ2v) is 13.4. The molecule has 0 unspecified atom stereocenters. The molecule has 3 heteroatoms. The van der Waals surface area contributed by atoms with Gasteiger partial charge in [0.2, 0.25) is 0 Å². The largest absolute Gasteiger partial charge is 0.453 e. The first-order valence-corrected chi connectivity index (χ1v) is 17.4. The summed E-state index contributed by atoms with van der Waals surface area (Å²) in [5.41, 5.74) is 14.0. The van der Waals surface area contributed by atoms with Crippen molar-refractivity contribution in [2.24, 2.45) is 0 Å². The summed E-state index contributed by atoms with van der Waals surface area (Å²) < 4.78 is 11.3. The zero-order chi connectivity index (χ0) is 33.5. The van der Waals surface area contributed by atoms with Crippen LogP contribution in [0, 0.1) is 0 Å². The molecule has 0 amide bonds. The van der Waals surface area contributed by atoms with Gasteiger partial charge in [0.1, 0.15) is 0 Å². The summed E-state index contributed by atoms with van der Waals surface area (Å²) in [6, 6.07) is 65.5. The summed E-state index contributed by atoms with van der Waals surface area (Å²) in [6.07, 6.45) is 0. The zero-order valence-electron chi connectivity index (χ0n) is 27.6. The van der Waals surface area contributed by atoms with Crippen molar-refractivity contribution in [2.45, 2.75) is 0 Å². The van der Waals surface area contributed by atoms with E-state index < -0.39 is 0 Å². The van der Waals surface area contributed by atoms with Gasteiger partial charge in [-0.1, -0.05) is 115 Å². The average Bonchev–Trinajstić information content (AvgIpc) is 3.72. The first kappa shape index (κ1) is 28.0. The maximum atomic E-state index is 6.58. The smallest absolute Gasteiger partial charge is 0.152 e. The number of hydrogen-bond donors (Lipinski definition) is 0. The van der Waals surface area contributed by atoms with Gasteiger partial charge < -0.3 is 13.9 Å². The van der Waals surface area contributed by atoms with Crippen LogP contribution in [-0.2, 0) is 0 Å². The molecular formula is C48H30N2O. The number of rotatable bonds is 4. The van der Waals surface area contributed by atoms with Gasteiger partial charge in [-0.2, -0.15) is 0 Å². The summed E-state index contributed by atoms with van der Waals surface area (Å²) in [5.74, 6) is 1.75. The van der Waals surface area contributed by atoms with Crippen LogP contribution in [0.4, 0.5) is 0 Å². The van der Waals surface area contributed by atoms with Gasteiger partial charge >= 0.3 is 0 Å². The van der Waals surface area contributed by atoms with Crippen molar-refractivity contribution < 1.29 is 4.74 Å². The normalized spacial score (nSPS) is 12.1. The van der Waals surface area contributed by atoms with Crippen LogP contribution in [0.2, 0.25) is 0 Å². The van der Waals surface area contributed by atoms with Crippen molar-refractivity contribution in [3.05, 3.63) is 182 Å². The van der Waals surface area contributed by atoms with Crippen LogP contribution < -0.4 is 4.74 Å².